The Morgan fingerprint density at radius 2 is 2.21 bits per heavy atom. The van der Waals surface area contributed by atoms with Gasteiger partial charge in [-0.05, 0) is 37.5 Å². The summed E-state index contributed by atoms with van der Waals surface area (Å²) in [6.45, 7) is 1.73. The topological polar surface area (TPSA) is 38.4 Å². The lowest BCUT2D eigenvalue weighted by Gasteiger charge is -2.00. The molecule has 14 heavy (non-hydrogen) atoms. The molecule has 0 unspecified atom stereocenters. The van der Waals surface area contributed by atoms with Gasteiger partial charge in [-0.15, -0.1) is 0 Å². The fraction of sp³-hybridized carbons (Fsp3) is 0.364. The molecule has 0 saturated heterocycles. The lowest BCUT2D eigenvalue weighted by atomic mass is 10.2. The fourth-order valence-corrected chi connectivity index (χ4v) is 1.27. The third-order valence-electron chi connectivity index (χ3n) is 2.41. The summed E-state index contributed by atoms with van der Waals surface area (Å²) in [6, 6.07) is 4.92. The van der Waals surface area contributed by atoms with Gasteiger partial charge in [0.1, 0.15) is 11.7 Å². The van der Waals surface area contributed by atoms with Gasteiger partial charge in [0.25, 0.3) is 0 Å². The van der Waals surface area contributed by atoms with Gasteiger partial charge in [-0.2, -0.15) is 0 Å². The van der Waals surface area contributed by atoms with Crippen LogP contribution in [0.25, 0.3) is 0 Å². The van der Waals surface area contributed by atoms with Crippen molar-refractivity contribution in [3.05, 3.63) is 29.6 Å². The van der Waals surface area contributed by atoms with Crippen molar-refractivity contribution >= 4 is 11.5 Å². The number of halogens is 1. The lowest BCUT2D eigenvalue weighted by molar-refractivity contribution is 0.619. The third-order valence-corrected chi connectivity index (χ3v) is 2.41. The van der Waals surface area contributed by atoms with Crippen molar-refractivity contribution in [2.24, 2.45) is 16.6 Å². The van der Waals surface area contributed by atoms with Crippen LogP contribution in [0.3, 0.4) is 0 Å². The Morgan fingerprint density at radius 3 is 2.79 bits per heavy atom. The molecule has 1 aliphatic carbocycles. The highest BCUT2D eigenvalue weighted by Crippen LogP contribution is 2.30. The van der Waals surface area contributed by atoms with E-state index in [2.05, 4.69) is 4.99 Å². The molecule has 1 saturated carbocycles. The molecule has 0 amide bonds. The zero-order chi connectivity index (χ0) is 10.1. The quantitative estimate of drug-likeness (QED) is 0.567. The number of hydrogen-bond acceptors (Lipinski definition) is 1. The van der Waals surface area contributed by atoms with Crippen molar-refractivity contribution in [3.8, 4) is 0 Å². The van der Waals surface area contributed by atoms with E-state index in [-0.39, 0.29) is 5.82 Å². The van der Waals surface area contributed by atoms with Crippen LogP contribution in [0.5, 0.6) is 0 Å². The number of nitrogens with zero attached hydrogens (tertiary/aromatic N) is 1. The van der Waals surface area contributed by atoms with Crippen molar-refractivity contribution < 1.29 is 4.39 Å². The predicted octanol–water partition coefficient (Wildman–Crippen LogP) is 2.53. The second-order valence-corrected chi connectivity index (χ2v) is 3.74. The van der Waals surface area contributed by atoms with E-state index in [1.54, 1.807) is 19.1 Å². The van der Waals surface area contributed by atoms with Crippen LogP contribution in [-0.4, -0.2) is 5.84 Å². The Kier molecular flexibility index (Phi) is 2.23. The summed E-state index contributed by atoms with van der Waals surface area (Å²) in [5.74, 6) is 0.836. The molecule has 0 bridgehead atoms. The summed E-state index contributed by atoms with van der Waals surface area (Å²) in [6.07, 6.45) is 2.23. The number of benzene rings is 1. The van der Waals surface area contributed by atoms with Crippen LogP contribution in [0.15, 0.2) is 23.2 Å². The van der Waals surface area contributed by atoms with E-state index in [4.69, 9.17) is 5.73 Å². The van der Waals surface area contributed by atoms with Gasteiger partial charge in [0, 0.05) is 5.92 Å². The van der Waals surface area contributed by atoms with Crippen molar-refractivity contribution in [3.63, 3.8) is 0 Å². The molecule has 2 nitrogen and oxygen atoms in total. The highest BCUT2D eigenvalue weighted by molar-refractivity contribution is 5.87. The summed E-state index contributed by atoms with van der Waals surface area (Å²) in [4.78, 5) is 4.18. The lowest BCUT2D eigenvalue weighted by Crippen LogP contribution is -2.13. The van der Waals surface area contributed by atoms with E-state index >= 15 is 0 Å². The Balaban J connectivity index is 2.24. The molecular formula is C11H13FN2. The van der Waals surface area contributed by atoms with E-state index in [9.17, 15) is 4.39 Å². The van der Waals surface area contributed by atoms with Crippen LogP contribution in [0.4, 0.5) is 10.1 Å². The van der Waals surface area contributed by atoms with Gasteiger partial charge in [0.05, 0.1) is 5.69 Å². The van der Waals surface area contributed by atoms with Crippen LogP contribution in [-0.2, 0) is 0 Å². The highest BCUT2D eigenvalue weighted by Gasteiger charge is 2.25. The molecule has 1 fully saturated rings. The average Bonchev–Trinajstić information content (AvgIpc) is 2.94. The van der Waals surface area contributed by atoms with Gasteiger partial charge in [-0.3, -0.25) is 0 Å². The molecule has 2 rings (SSSR count). The van der Waals surface area contributed by atoms with Crippen LogP contribution < -0.4 is 5.73 Å². The van der Waals surface area contributed by atoms with E-state index in [1.165, 1.54) is 6.07 Å². The fourth-order valence-electron chi connectivity index (χ4n) is 1.27. The van der Waals surface area contributed by atoms with E-state index < -0.39 is 0 Å². The maximum atomic E-state index is 13.1. The Bertz CT molecular complexity index is 381. The van der Waals surface area contributed by atoms with Crippen molar-refractivity contribution in [1.82, 2.24) is 0 Å². The first-order chi connectivity index (χ1) is 6.66. The zero-order valence-electron chi connectivity index (χ0n) is 8.13. The molecule has 2 N–H and O–H groups in total. The monoisotopic (exact) mass is 192 g/mol. The number of hydrogen-bond donors (Lipinski definition) is 1. The van der Waals surface area contributed by atoms with E-state index in [0.29, 0.717) is 23.0 Å². The van der Waals surface area contributed by atoms with Gasteiger partial charge in [-0.25, -0.2) is 9.38 Å². The Morgan fingerprint density at radius 1 is 1.50 bits per heavy atom. The summed E-state index contributed by atoms with van der Waals surface area (Å²) in [7, 11) is 0. The molecule has 0 aliphatic heterocycles. The first-order valence-electron chi connectivity index (χ1n) is 4.77. The molecular weight excluding hydrogens is 179 g/mol. The van der Waals surface area contributed by atoms with Gasteiger partial charge < -0.3 is 5.73 Å². The normalized spacial score (nSPS) is 17.1. The molecule has 0 aromatic heterocycles. The molecule has 1 aliphatic rings. The second kappa shape index (κ2) is 3.40. The Labute approximate surface area is 82.7 Å². The average molecular weight is 192 g/mol. The molecule has 0 radical (unpaired) electrons. The smallest absolute Gasteiger partial charge is 0.128 e. The number of rotatable bonds is 2. The van der Waals surface area contributed by atoms with Crippen LogP contribution in [0.1, 0.15) is 18.4 Å². The first-order valence-corrected chi connectivity index (χ1v) is 4.77. The minimum Gasteiger partial charge on any atom is -0.387 e. The predicted molar refractivity (Wildman–Crippen MR) is 55.1 cm³/mol. The molecule has 1 aromatic rings. The molecule has 0 spiro atoms. The zero-order valence-corrected chi connectivity index (χ0v) is 8.13. The summed E-state index contributed by atoms with van der Waals surface area (Å²) < 4.78 is 13.1. The van der Waals surface area contributed by atoms with Gasteiger partial charge in [-0.1, -0.05) is 6.07 Å². The first kappa shape index (κ1) is 9.19. The molecule has 0 heterocycles. The van der Waals surface area contributed by atoms with Crippen LogP contribution in [0.2, 0.25) is 0 Å². The Hall–Kier alpha value is -1.38. The second-order valence-electron chi connectivity index (χ2n) is 3.74. The minimum absolute atomic E-state index is 0.227. The van der Waals surface area contributed by atoms with Crippen molar-refractivity contribution in [1.29, 1.82) is 0 Å². The standard InChI is InChI=1S/C11H13FN2/c1-7-2-5-9(6-10(7)12)14-11(13)8-3-4-8/h2,5-6,8H,3-4H2,1H3,(H2,13,14). The molecule has 3 heteroatoms. The largest absolute Gasteiger partial charge is 0.387 e. The van der Waals surface area contributed by atoms with Crippen molar-refractivity contribution in [2.45, 2.75) is 19.8 Å². The number of aliphatic imine (C=N–C) groups is 1. The molecule has 74 valence electrons. The SMILES string of the molecule is Cc1ccc(N=C(N)C2CC2)cc1F. The van der Waals surface area contributed by atoms with Gasteiger partial charge in [0.15, 0.2) is 0 Å². The summed E-state index contributed by atoms with van der Waals surface area (Å²) in [5, 5.41) is 0. The van der Waals surface area contributed by atoms with Gasteiger partial charge in [0.2, 0.25) is 0 Å². The third kappa shape index (κ3) is 1.92. The van der Waals surface area contributed by atoms with E-state index in [0.717, 1.165) is 12.8 Å². The maximum absolute atomic E-state index is 13.1. The molecule has 0 atom stereocenters. The number of amidine groups is 1. The summed E-state index contributed by atoms with van der Waals surface area (Å²) in [5.41, 5.74) is 6.97. The highest BCUT2D eigenvalue weighted by atomic mass is 19.1. The van der Waals surface area contributed by atoms with Crippen molar-refractivity contribution in [2.75, 3.05) is 0 Å². The van der Waals surface area contributed by atoms with E-state index in [1.807, 2.05) is 0 Å². The minimum atomic E-state index is -0.227. The number of aryl methyl sites for hydroxylation is 1. The van der Waals surface area contributed by atoms with Crippen LogP contribution >= 0.6 is 0 Å². The van der Waals surface area contributed by atoms with Gasteiger partial charge >= 0.3 is 0 Å². The molecule has 1 aromatic carbocycles. The van der Waals surface area contributed by atoms with Crippen LogP contribution in [0, 0.1) is 18.7 Å². The maximum Gasteiger partial charge on any atom is 0.128 e. The summed E-state index contributed by atoms with van der Waals surface area (Å²) >= 11 is 0. The number of nitrogens with two attached hydrogens (primary N) is 1.